The zero-order chi connectivity index (χ0) is 12.3. The molecule has 1 aliphatic heterocycles. The molecule has 17 heavy (non-hydrogen) atoms. The molecule has 1 aromatic rings. The molecule has 1 fully saturated rings. The Labute approximate surface area is 104 Å². The fraction of sp³-hybridized carbons (Fsp3) is 0.571. The van der Waals surface area contributed by atoms with Crippen molar-refractivity contribution in [1.82, 2.24) is 10.2 Å². The largest absolute Gasteiger partial charge is 0.377 e. The van der Waals surface area contributed by atoms with Crippen LogP contribution < -0.4 is 10.2 Å². The molecule has 94 valence electrons. The molecule has 0 aliphatic carbocycles. The van der Waals surface area contributed by atoms with E-state index in [9.17, 15) is 0 Å². The number of para-hydroxylation sites is 1. The van der Waals surface area contributed by atoms with Gasteiger partial charge in [-0.25, -0.2) is 0 Å². The second kappa shape index (κ2) is 5.52. The lowest BCUT2D eigenvalue weighted by Gasteiger charge is -2.32. The SMILES string of the molecule is CC1CN(Cc2ccccc2N(C)C)CCN1. The predicted molar refractivity (Wildman–Crippen MR) is 73.5 cm³/mol. The van der Waals surface area contributed by atoms with Gasteiger partial charge in [-0.05, 0) is 18.6 Å². The van der Waals surface area contributed by atoms with Crippen molar-refractivity contribution in [2.75, 3.05) is 38.6 Å². The van der Waals surface area contributed by atoms with Gasteiger partial charge < -0.3 is 10.2 Å². The van der Waals surface area contributed by atoms with E-state index in [1.807, 2.05) is 0 Å². The summed E-state index contributed by atoms with van der Waals surface area (Å²) in [5.41, 5.74) is 2.75. The summed E-state index contributed by atoms with van der Waals surface area (Å²) in [6, 6.07) is 9.28. The lowest BCUT2D eigenvalue weighted by Crippen LogP contribution is -2.48. The molecule has 0 amide bonds. The van der Waals surface area contributed by atoms with Crippen molar-refractivity contribution < 1.29 is 0 Å². The van der Waals surface area contributed by atoms with Crippen LogP contribution in [0.2, 0.25) is 0 Å². The van der Waals surface area contributed by atoms with E-state index in [4.69, 9.17) is 0 Å². The number of nitrogens with zero attached hydrogens (tertiary/aromatic N) is 2. The van der Waals surface area contributed by atoms with Crippen molar-refractivity contribution >= 4 is 5.69 Å². The van der Waals surface area contributed by atoms with E-state index in [1.54, 1.807) is 0 Å². The number of anilines is 1. The summed E-state index contributed by atoms with van der Waals surface area (Å²) in [4.78, 5) is 4.73. The van der Waals surface area contributed by atoms with Crippen molar-refractivity contribution in [3.63, 3.8) is 0 Å². The average molecular weight is 233 g/mol. The summed E-state index contributed by atoms with van der Waals surface area (Å²) in [6.45, 7) is 6.70. The Balaban J connectivity index is 2.07. The maximum Gasteiger partial charge on any atom is 0.0406 e. The molecule has 1 aromatic carbocycles. The molecule has 0 aromatic heterocycles. The minimum Gasteiger partial charge on any atom is -0.377 e. The van der Waals surface area contributed by atoms with E-state index in [0.717, 1.165) is 26.2 Å². The van der Waals surface area contributed by atoms with Gasteiger partial charge in [0.05, 0.1) is 0 Å². The molecule has 1 aliphatic rings. The van der Waals surface area contributed by atoms with Gasteiger partial charge in [0.15, 0.2) is 0 Å². The quantitative estimate of drug-likeness (QED) is 0.854. The van der Waals surface area contributed by atoms with Gasteiger partial charge in [0.25, 0.3) is 0 Å². The maximum atomic E-state index is 3.48. The summed E-state index contributed by atoms with van der Waals surface area (Å²) in [5, 5.41) is 3.48. The van der Waals surface area contributed by atoms with Crippen molar-refractivity contribution in [3.05, 3.63) is 29.8 Å². The Kier molecular flexibility index (Phi) is 4.02. The lowest BCUT2D eigenvalue weighted by molar-refractivity contribution is 0.200. The molecule has 0 radical (unpaired) electrons. The van der Waals surface area contributed by atoms with Crippen LogP contribution in [0.15, 0.2) is 24.3 Å². The smallest absolute Gasteiger partial charge is 0.0406 e. The minimum absolute atomic E-state index is 0.607. The number of nitrogens with one attached hydrogen (secondary N) is 1. The van der Waals surface area contributed by atoms with Gasteiger partial charge in [0.2, 0.25) is 0 Å². The van der Waals surface area contributed by atoms with Crippen LogP contribution in [-0.2, 0) is 6.54 Å². The summed E-state index contributed by atoms with van der Waals surface area (Å²) in [5.74, 6) is 0. The fourth-order valence-corrected chi connectivity index (χ4v) is 2.48. The molecule has 1 saturated heterocycles. The molecule has 0 saturated carbocycles. The van der Waals surface area contributed by atoms with Gasteiger partial charge in [-0.2, -0.15) is 0 Å². The summed E-state index contributed by atoms with van der Waals surface area (Å²) in [6.07, 6.45) is 0. The van der Waals surface area contributed by atoms with Crippen molar-refractivity contribution in [1.29, 1.82) is 0 Å². The minimum atomic E-state index is 0.607. The van der Waals surface area contributed by atoms with E-state index in [1.165, 1.54) is 11.3 Å². The monoisotopic (exact) mass is 233 g/mol. The molecule has 3 heteroatoms. The van der Waals surface area contributed by atoms with Gasteiger partial charge in [-0.15, -0.1) is 0 Å². The van der Waals surface area contributed by atoms with E-state index in [0.29, 0.717) is 6.04 Å². The average Bonchev–Trinajstić information content (AvgIpc) is 2.29. The summed E-state index contributed by atoms with van der Waals surface area (Å²) >= 11 is 0. The number of hydrogen-bond donors (Lipinski definition) is 1. The van der Waals surface area contributed by atoms with Crippen LogP contribution in [0.3, 0.4) is 0 Å². The van der Waals surface area contributed by atoms with E-state index >= 15 is 0 Å². The zero-order valence-electron chi connectivity index (χ0n) is 11.1. The number of piperazine rings is 1. The molecule has 1 N–H and O–H groups in total. The molecule has 0 bridgehead atoms. The van der Waals surface area contributed by atoms with Crippen LogP contribution in [0.1, 0.15) is 12.5 Å². The van der Waals surface area contributed by atoms with E-state index in [-0.39, 0.29) is 0 Å². The third-order valence-electron chi connectivity index (χ3n) is 3.32. The lowest BCUT2D eigenvalue weighted by atomic mass is 10.1. The fourth-order valence-electron chi connectivity index (χ4n) is 2.48. The van der Waals surface area contributed by atoms with Crippen molar-refractivity contribution in [2.24, 2.45) is 0 Å². The maximum absolute atomic E-state index is 3.48. The van der Waals surface area contributed by atoms with Crippen molar-refractivity contribution in [3.8, 4) is 0 Å². The number of benzene rings is 1. The van der Waals surface area contributed by atoms with Gasteiger partial charge >= 0.3 is 0 Å². The first-order valence-electron chi connectivity index (χ1n) is 6.38. The molecular weight excluding hydrogens is 210 g/mol. The van der Waals surface area contributed by atoms with Crippen LogP contribution in [-0.4, -0.2) is 44.7 Å². The first kappa shape index (κ1) is 12.4. The molecular formula is C14H23N3. The molecule has 1 unspecified atom stereocenters. The Morgan fingerprint density at radius 3 is 2.82 bits per heavy atom. The highest BCUT2D eigenvalue weighted by atomic mass is 15.2. The number of rotatable bonds is 3. The normalized spacial score (nSPS) is 21.5. The third kappa shape index (κ3) is 3.20. The van der Waals surface area contributed by atoms with Crippen LogP contribution in [0.4, 0.5) is 5.69 Å². The molecule has 3 nitrogen and oxygen atoms in total. The standard InChI is InChI=1S/C14H23N3/c1-12-10-17(9-8-15-12)11-13-6-4-5-7-14(13)16(2)3/h4-7,12,15H,8-11H2,1-3H3. The predicted octanol–water partition coefficient (Wildman–Crippen LogP) is 1.55. The van der Waals surface area contributed by atoms with Gasteiger partial charge in [0.1, 0.15) is 0 Å². The Hall–Kier alpha value is -1.06. The highest BCUT2D eigenvalue weighted by molar-refractivity contribution is 5.52. The third-order valence-corrected chi connectivity index (χ3v) is 3.32. The molecule has 2 rings (SSSR count). The van der Waals surface area contributed by atoms with E-state index < -0.39 is 0 Å². The van der Waals surface area contributed by atoms with Crippen LogP contribution in [0.25, 0.3) is 0 Å². The highest BCUT2D eigenvalue weighted by Gasteiger charge is 2.16. The summed E-state index contributed by atoms with van der Waals surface area (Å²) in [7, 11) is 4.22. The molecule has 1 atom stereocenters. The zero-order valence-corrected chi connectivity index (χ0v) is 11.1. The van der Waals surface area contributed by atoms with Crippen LogP contribution in [0.5, 0.6) is 0 Å². The summed E-state index contributed by atoms with van der Waals surface area (Å²) < 4.78 is 0. The van der Waals surface area contributed by atoms with Crippen molar-refractivity contribution in [2.45, 2.75) is 19.5 Å². The Bertz CT molecular complexity index is 362. The molecule has 1 heterocycles. The second-order valence-electron chi connectivity index (χ2n) is 5.11. The second-order valence-corrected chi connectivity index (χ2v) is 5.11. The van der Waals surface area contributed by atoms with Gasteiger partial charge in [-0.1, -0.05) is 18.2 Å². The van der Waals surface area contributed by atoms with Crippen LogP contribution >= 0.6 is 0 Å². The van der Waals surface area contributed by atoms with Gasteiger partial charge in [0, 0.05) is 52.0 Å². The highest BCUT2D eigenvalue weighted by Crippen LogP contribution is 2.20. The van der Waals surface area contributed by atoms with Crippen LogP contribution in [0, 0.1) is 0 Å². The number of hydrogen-bond acceptors (Lipinski definition) is 3. The first-order chi connectivity index (χ1) is 8.16. The molecule has 0 spiro atoms. The Morgan fingerprint density at radius 2 is 2.12 bits per heavy atom. The van der Waals surface area contributed by atoms with Gasteiger partial charge in [-0.3, -0.25) is 4.90 Å². The topological polar surface area (TPSA) is 18.5 Å². The first-order valence-corrected chi connectivity index (χ1v) is 6.38. The Morgan fingerprint density at radius 1 is 1.35 bits per heavy atom. The van der Waals surface area contributed by atoms with E-state index in [2.05, 4.69) is 60.4 Å².